The summed E-state index contributed by atoms with van der Waals surface area (Å²) in [6, 6.07) is 13.3. The third kappa shape index (κ3) is 4.46. The molecule has 2 amide bonds. The number of esters is 1. The average molecular weight is 401 g/mol. The quantitative estimate of drug-likeness (QED) is 0.688. The topological polar surface area (TPSA) is 76.7 Å². The summed E-state index contributed by atoms with van der Waals surface area (Å²) in [4.78, 5) is 24.5. The van der Waals surface area contributed by atoms with Crippen LogP contribution in [-0.2, 0) is 9.53 Å². The zero-order valence-corrected chi connectivity index (χ0v) is 16.4. The zero-order valence-electron chi connectivity index (χ0n) is 15.6. The first-order valence-corrected chi connectivity index (χ1v) is 9.40. The van der Waals surface area contributed by atoms with Crippen LogP contribution in [0.15, 0.2) is 59.8 Å². The standard InChI is InChI=1S/C21H21ClN2O4/c1-3-17-18(20(25)27-4-2)19(24-21(26)23-17)13-5-9-15(10-6-13)28-16-11-7-14(22)8-12-16/h5-12,19H,3-4H2,1-2H3,(H2,23,24,26). The highest BCUT2D eigenvalue weighted by Gasteiger charge is 2.32. The molecule has 1 heterocycles. The lowest BCUT2D eigenvalue weighted by molar-refractivity contribution is -0.139. The zero-order chi connectivity index (χ0) is 20.1. The minimum Gasteiger partial charge on any atom is -0.463 e. The van der Waals surface area contributed by atoms with Gasteiger partial charge in [0.2, 0.25) is 0 Å². The minimum absolute atomic E-state index is 0.258. The Morgan fingerprint density at radius 1 is 1.04 bits per heavy atom. The number of allylic oxidation sites excluding steroid dienone is 1. The Labute approximate surface area is 168 Å². The van der Waals surface area contributed by atoms with E-state index in [1.54, 1.807) is 43.3 Å². The number of rotatable bonds is 6. The van der Waals surface area contributed by atoms with E-state index in [-0.39, 0.29) is 12.6 Å². The van der Waals surface area contributed by atoms with Crippen molar-refractivity contribution in [3.63, 3.8) is 0 Å². The number of halogens is 1. The van der Waals surface area contributed by atoms with Gasteiger partial charge in [-0.3, -0.25) is 0 Å². The summed E-state index contributed by atoms with van der Waals surface area (Å²) in [6.45, 7) is 3.88. The first-order chi connectivity index (χ1) is 13.5. The predicted molar refractivity (Wildman–Crippen MR) is 106 cm³/mol. The fourth-order valence-corrected chi connectivity index (χ4v) is 3.09. The molecule has 3 rings (SSSR count). The van der Waals surface area contributed by atoms with Crippen LogP contribution in [0.3, 0.4) is 0 Å². The molecular formula is C21H21ClN2O4. The maximum absolute atomic E-state index is 12.5. The van der Waals surface area contributed by atoms with Gasteiger partial charge in [0.25, 0.3) is 0 Å². The number of hydrogen-bond acceptors (Lipinski definition) is 4. The first kappa shape index (κ1) is 19.8. The Morgan fingerprint density at radius 3 is 2.21 bits per heavy atom. The maximum atomic E-state index is 12.5. The lowest BCUT2D eigenvalue weighted by Crippen LogP contribution is -2.45. The monoisotopic (exact) mass is 400 g/mol. The smallest absolute Gasteiger partial charge is 0.338 e. The molecule has 1 aliphatic rings. The van der Waals surface area contributed by atoms with Crippen molar-refractivity contribution in [2.75, 3.05) is 6.61 Å². The number of urea groups is 1. The van der Waals surface area contributed by atoms with Crippen molar-refractivity contribution in [2.45, 2.75) is 26.3 Å². The molecule has 0 aliphatic carbocycles. The van der Waals surface area contributed by atoms with Gasteiger partial charge in [0.15, 0.2) is 0 Å². The number of amides is 2. The van der Waals surface area contributed by atoms with E-state index in [4.69, 9.17) is 21.1 Å². The number of benzene rings is 2. The van der Waals surface area contributed by atoms with Gasteiger partial charge < -0.3 is 20.1 Å². The lowest BCUT2D eigenvalue weighted by atomic mass is 9.94. The molecule has 1 atom stereocenters. The van der Waals surface area contributed by atoms with Crippen LogP contribution in [0.25, 0.3) is 0 Å². The lowest BCUT2D eigenvalue weighted by Gasteiger charge is -2.29. The highest BCUT2D eigenvalue weighted by atomic mass is 35.5. The molecule has 0 aromatic heterocycles. The molecule has 1 unspecified atom stereocenters. The van der Waals surface area contributed by atoms with Crippen molar-refractivity contribution in [1.29, 1.82) is 0 Å². The van der Waals surface area contributed by atoms with E-state index in [1.165, 1.54) is 0 Å². The van der Waals surface area contributed by atoms with Crippen molar-refractivity contribution in [2.24, 2.45) is 0 Å². The summed E-state index contributed by atoms with van der Waals surface area (Å²) in [7, 11) is 0. The second-order valence-corrected chi connectivity index (χ2v) is 6.56. The fraction of sp³-hybridized carbons (Fsp3) is 0.238. The van der Waals surface area contributed by atoms with E-state index in [0.717, 1.165) is 5.56 Å². The van der Waals surface area contributed by atoms with Gasteiger partial charge in [-0.1, -0.05) is 30.7 Å². The summed E-state index contributed by atoms with van der Waals surface area (Å²) >= 11 is 5.88. The van der Waals surface area contributed by atoms with Gasteiger partial charge in [0.1, 0.15) is 11.5 Å². The molecule has 0 fully saturated rings. The Kier molecular flexibility index (Phi) is 6.21. The molecule has 2 aromatic rings. The summed E-state index contributed by atoms with van der Waals surface area (Å²) in [5, 5.41) is 6.13. The molecule has 7 heteroatoms. The van der Waals surface area contributed by atoms with Gasteiger partial charge >= 0.3 is 12.0 Å². The third-order valence-corrected chi connectivity index (χ3v) is 4.52. The van der Waals surface area contributed by atoms with Crippen molar-refractivity contribution in [3.05, 3.63) is 70.4 Å². The molecule has 0 bridgehead atoms. The van der Waals surface area contributed by atoms with E-state index in [2.05, 4.69) is 10.6 Å². The highest BCUT2D eigenvalue weighted by molar-refractivity contribution is 6.30. The van der Waals surface area contributed by atoms with Gasteiger partial charge in [-0.05, 0) is 55.3 Å². The summed E-state index contributed by atoms with van der Waals surface area (Å²) < 4.78 is 11.0. The average Bonchev–Trinajstić information content (AvgIpc) is 2.69. The largest absolute Gasteiger partial charge is 0.463 e. The van der Waals surface area contributed by atoms with Crippen LogP contribution < -0.4 is 15.4 Å². The molecule has 28 heavy (non-hydrogen) atoms. The maximum Gasteiger partial charge on any atom is 0.338 e. The molecule has 2 aromatic carbocycles. The van der Waals surface area contributed by atoms with Crippen LogP contribution in [0, 0.1) is 0 Å². The molecular weight excluding hydrogens is 380 g/mol. The van der Waals surface area contributed by atoms with Crippen LogP contribution in [0.4, 0.5) is 4.79 Å². The van der Waals surface area contributed by atoms with E-state index in [1.807, 2.05) is 19.1 Å². The third-order valence-electron chi connectivity index (χ3n) is 4.27. The molecule has 2 N–H and O–H groups in total. The van der Waals surface area contributed by atoms with Gasteiger partial charge in [-0.25, -0.2) is 9.59 Å². The summed E-state index contributed by atoms with van der Waals surface area (Å²) in [6.07, 6.45) is 0.510. The van der Waals surface area contributed by atoms with Crippen LogP contribution in [-0.4, -0.2) is 18.6 Å². The Hall–Kier alpha value is -2.99. The number of hydrogen-bond donors (Lipinski definition) is 2. The van der Waals surface area contributed by atoms with Gasteiger partial charge in [0, 0.05) is 10.7 Å². The Balaban J connectivity index is 1.86. The number of carbonyl (C=O) groups is 2. The van der Waals surface area contributed by atoms with E-state index >= 15 is 0 Å². The molecule has 146 valence electrons. The van der Waals surface area contributed by atoms with Gasteiger partial charge in [-0.15, -0.1) is 0 Å². The van der Waals surface area contributed by atoms with Crippen molar-refractivity contribution in [1.82, 2.24) is 10.6 Å². The summed E-state index contributed by atoms with van der Waals surface area (Å²) in [5.41, 5.74) is 1.73. The molecule has 6 nitrogen and oxygen atoms in total. The number of carbonyl (C=O) groups excluding carboxylic acids is 2. The van der Waals surface area contributed by atoms with Crippen LogP contribution in [0.5, 0.6) is 11.5 Å². The molecule has 0 spiro atoms. The van der Waals surface area contributed by atoms with Crippen LogP contribution in [0.1, 0.15) is 31.9 Å². The number of nitrogens with one attached hydrogen (secondary N) is 2. The predicted octanol–water partition coefficient (Wildman–Crippen LogP) is 4.71. The summed E-state index contributed by atoms with van der Waals surface area (Å²) in [5.74, 6) is 0.842. The van der Waals surface area contributed by atoms with E-state index < -0.39 is 12.0 Å². The van der Waals surface area contributed by atoms with Crippen molar-refractivity contribution >= 4 is 23.6 Å². The minimum atomic E-state index is -0.590. The fourth-order valence-electron chi connectivity index (χ4n) is 2.96. The molecule has 0 saturated carbocycles. The van der Waals surface area contributed by atoms with Crippen LogP contribution in [0.2, 0.25) is 5.02 Å². The van der Waals surface area contributed by atoms with E-state index in [0.29, 0.717) is 34.2 Å². The SMILES string of the molecule is CCOC(=O)C1=C(CC)NC(=O)NC1c1ccc(Oc2ccc(Cl)cc2)cc1. The second kappa shape index (κ2) is 8.80. The van der Waals surface area contributed by atoms with Gasteiger partial charge in [0.05, 0.1) is 18.2 Å². The first-order valence-electron chi connectivity index (χ1n) is 9.02. The molecule has 0 radical (unpaired) electrons. The Bertz CT molecular complexity index is 892. The molecule has 0 saturated heterocycles. The van der Waals surface area contributed by atoms with Gasteiger partial charge in [-0.2, -0.15) is 0 Å². The second-order valence-electron chi connectivity index (χ2n) is 6.12. The normalized spacial score (nSPS) is 16.2. The van der Waals surface area contributed by atoms with Crippen molar-refractivity contribution in [3.8, 4) is 11.5 Å². The number of ether oxygens (including phenoxy) is 2. The van der Waals surface area contributed by atoms with Crippen molar-refractivity contribution < 1.29 is 19.1 Å². The highest BCUT2D eigenvalue weighted by Crippen LogP contribution is 2.31. The van der Waals surface area contributed by atoms with Crippen LogP contribution >= 0.6 is 11.6 Å². The Morgan fingerprint density at radius 2 is 1.64 bits per heavy atom. The molecule has 1 aliphatic heterocycles. The van der Waals surface area contributed by atoms with E-state index in [9.17, 15) is 9.59 Å².